The van der Waals surface area contributed by atoms with Crippen LogP contribution in [0.1, 0.15) is 0 Å². The summed E-state index contributed by atoms with van der Waals surface area (Å²) >= 11 is 1.89. The van der Waals surface area contributed by atoms with Gasteiger partial charge in [-0.25, -0.2) is 0 Å². The van der Waals surface area contributed by atoms with Crippen LogP contribution in [0.5, 0.6) is 0 Å². The molecule has 1 heterocycles. The number of fused-ring (bicyclic) bond motifs is 5. The molecule has 8 rings (SSSR count). The SMILES string of the molecule is c1ccc(-c2ccc(Nc3ccc(-c4ccc(-c5ccc6sc7c8ccccc8ccc7c6c5)cc4)cc3)cc2)cc1. The quantitative estimate of drug-likeness (QED) is 0.223. The Morgan fingerprint density at radius 2 is 0.881 bits per heavy atom. The predicted octanol–water partition coefficient (Wildman–Crippen LogP) is 12.0. The van der Waals surface area contributed by atoms with E-state index in [0.29, 0.717) is 0 Å². The Morgan fingerprint density at radius 3 is 1.55 bits per heavy atom. The summed E-state index contributed by atoms with van der Waals surface area (Å²) in [7, 11) is 0. The molecule has 0 saturated heterocycles. The Labute approximate surface area is 249 Å². The van der Waals surface area contributed by atoms with E-state index in [-0.39, 0.29) is 0 Å². The van der Waals surface area contributed by atoms with Crippen molar-refractivity contribution in [2.45, 2.75) is 0 Å². The zero-order chi connectivity index (χ0) is 27.9. The number of nitrogens with one attached hydrogen (secondary N) is 1. The molecule has 2 heteroatoms. The fourth-order valence-corrected chi connectivity index (χ4v) is 7.05. The maximum atomic E-state index is 3.53. The Kier molecular flexibility index (Phi) is 6.05. The lowest BCUT2D eigenvalue weighted by Crippen LogP contribution is -1.90. The molecule has 0 unspecified atom stereocenters. The van der Waals surface area contributed by atoms with Gasteiger partial charge in [0, 0.05) is 31.5 Å². The second-order valence-electron chi connectivity index (χ2n) is 10.7. The first-order valence-electron chi connectivity index (χ1n) is 14.3. The molecule has 0 atom stereocenters. The van der Waals surface area contributed by atoms with Crippen molar-refractivity contribution in [3.63, 3.8) is 0 Å². The summed E-state index contributed by atoms with van der Waals surface area (Å²) in [5.74, 6) is 0. The molecule has 198 valence electrons. The van der Waals surface area contributed by atoms with Crippen molar-refractivity contribution in [1.29, 1.82) is 0 Å². The second kappa shape index (κ2) is 10.3. The van der Waals surface area contributed by atoms with Gasteiger partial charge >= 0.3 is 0 Å². The largest absolute Gasteiger partial charge is 0.356 e. The first-order valence-corrected chi connectivity index (χ1v) is 15.1. The molecule has 1 nitrogen and oxygen atoms in total. The van der Waals surface area contributed by atoms with Crippen molar-refractivity contribution in [3.8, 4) is 33.4 Å². The summed E-state index contributed by atoms with van der Waals surface area (Å²) in [6, 6.07) is 56.7. The van der Waals surface area contributed by atoms with Crippen molar-refractivity contribution in [2.24, 2.45) is 0 Å². The Bertz CT molecular complexity index is 2170. The van der Waals surface area contributed by atoms with Gasteiger partial charge in [0.05, 0.1) is 0 Å². The van der Waals surface area contributed by atoms with E-state index >= 15 is 0 Å². The second-order valence-corrected chi connectivity index (χ2v) is 11.8. The first kappa shape index (κ1) is 24.6. The molecule has 0 fully saturated rings. The Balaban J connectivity index is 1.01. The van der Waals surface area contributed by atoms with E-state index in [1.807, 2.05) is 17.4 Å². The molecule has 0 aliphatic heterocycles. The average Bonchev–Trinajstić information content (AvgIpc) is 3.45. The minimum absolute atomic E-state index is 1.08. The number of hydrogen-bond donors (Lipinski definition) is 1. The zero-order valence-electron chi connectivity index (χ0n) is 22.9. The lowest BCUT2D eigenvalue weighted by atomic mass is 9.98. The average molecular weight is 554 g/mol. The third-order valence-corrected chi connectivity index (χ3v) is 9.30. The van der Waals surface area contributed by atoms with Gasteiger partial charge in [-0.1, -0.05) is 121 Å². The summed E-state index contributed by atoms with van der Waals surface area (Å²) in [5.41, 5.74) is 9.51. The number of anilines is 2. The van der Waals surface area contributed by atoms with Crippen LogP contribution in [0.2, 0.25) is 0 Å². The van der Waals surface area contributed by atoms with Crippen molar-refractivity contribution in [1.82, 2.24) is 0 Å². The summed E-state index contributed by atoms with van der Waals surface area (Å²) in [4.78, 5) is 0. The monoisotopic (exact) mass is 553 g/mol. The smallest absolute Gasteiger partial charge is 0.0433 e. The van der Waals surface area contributed by atoms with Gasteiger partial charge in [0.1, 0.15) is 0 Å². The molecule has 8 aromatic rings. The van der Waals surface area contributed by atoms with Crippen molar-refractivity contribution in [3.05, 3.63) is 158 Å². The summed E-state index contributed by atoms with van der Waals surface area (Å²) in [5, 5.41) is 8.84. The highest BCUT2D eigenvalue weighted by atomic mass is 32.1. The molecular formula is C40H27NS. The van der Waals surface area contributed by atoms with Crippen molar-refractivity contribution < 1.29 is 0 Å². The molecule has 1 N–H and O–H groups in total. The molecule has 0 spiro atoms. The molecular weight excluding hydrogens is 527 g/mol. The fourth-order valence-electron chi connectivity index (χ4n) is 5.83. The molecule has 1 aromatic heterocycles. The number of thiophene rings is 1. The van der Waals surface area contributed by atoms with Gasteiger partial charge in [-0.05, 0) is 80.6 Å². The molecule has 42 heavy (non-hydrogen) atoms. The Hall–Kier alpha value is -5.18. The van der Waals surface area contributed by atoms with E-state index in [2.05, 4.69) is 157 Å². The van der Waals surface area contributed by atoms with Gasteiger partial charge in [-0.2, -0.15) is 0 Å². The minimum Gasteiger partial charge on any atom is -0.356 e. The van der Waals surface area contributed by atoms with Crippen LogP contribution in [0.4, 0.5) is 11.4 Å². The molecule has 0 radical (unpaired) electrons. The Morgan fingerprint density at radius 1 is 0.357 bits per heavy atom. The van der Waals surface area contributed by atoms with Crippen LogP contribution in [-0.2, 0) is 0 Å². The number of rotatable bonds is 5. The van der Waals surface area contributed by atoms with Crippen molar-refractivity contribution >= 4 is 53.7 Å². The van der Waals surface area contributed by atoms with Crippen LogP contribution in [0.3, 0.4) is 0 Å². The van der Waals surface area contributed by atoms with E-state index in [1.54, 1.807) is 0 Å². The normalized spacial score (nSPS) is 11.3. The van der Waals surface area contributed by atoms with E-state index in [1.165, 1.54) is 64.3 Å². The summed E-state index contributed by atoms with van der Waals surface area (Å²) < 4.78 is 2.71. The third-order valence-electron chi connectivity index (χ3n) is 8.08. The van der Waals surface area contributed by atoms with E-state index in [0.717, 1.165) is 11.4 Å². The van der Waals surface area contributed by atoms with Crippen LogP contribution < -0.4 is 5.32 Å². The van der Waals surface area contributed by atoms with Gasteiger partial charge in [-0.15, -0.1) is 11.3 Å². The van der Waals surface area contributed by atoms with Gasteiger partial charge in [0.15, 0.2) is 0 Å². The van der Waals surface area contributed by atoms with Gasteiger partial charge in [0.2, 0.25) is 0 Å². The molecule has 0 aliphatic rings. The third kappa shape index (κ3) is 4.52. The standard InChI is InChI=1S/C40H27NS/c1-2-6-27(7-3-1)29-14-20-34(21-15-29)41-35-22-16-30(17-23-35)28-10-12-31(13-11-28)33-19-25-39-38(26-33)37-24-18-32-8-4-5-9-36(32)40(37)42-39/h1-26,41H. The van der Waals surface area contributed by atoms with Crippen molar-refractivity contribution in [2.75, 3.05) is 5.32 Å². The van der Waals surface area contributed by atoms with Crippen LogP contribution in [0.15, 0.2) is 158 Å². The number of benzene rings is 7. The minimum atomic E-state index is 1.08. The molecule has 0 saturated carbocycles. The van der Waals surface area contributed by atoms with E-state index < -0.39 is 0 Å². The van der Waals surface area contributed by atoms with E-state index in [9.17, 15) is 0 Å². The topological polar surface area (TPSA) is 12.0 Å². The molecule has 0 bridgehead atoms. The highest BCUT2D eigenvalue weighted by Crippen LogP contribution is 2.40. The summed E-state index contributed by atoms with van der Waals surface area (Å²) in [6.45, 7) is 0. The lowest BCUT2D eigenvalue weighted by molar-refractivity contribution is 1.53. The van der Waals surface area contributed by atoms with Gasteiger partial charge in [-0.3, -0.25) is 0 Å². The highest BCUT2D eigenvalue weighted by molar-refractivity contribution is 7.26. The van der Waals surface area contributed by atoms with Crippen LogP contribution in [0.25, 0.3) is 64.3 Å². The lowest BCUT2D eigenvalue weighted by Gasteiger charge is -2.10. The fraction of sp³-hybridized carbons (Fsp3) is 0. The molecule has 0 aliphatic carbocycles. The van der Waals surface area contributed by atoms with Crippen LogP contribution in [-0.4, -0.2) is 0 Å². The zero-order valence-corrected chi connectivity index (χ0v) is 23.7. The van der Waals surface area contributed by atoms with Gasteiger partial charge < -0.3 is 5.32 Å². The molecule has 7 aromatic carbocycles. The first-order chi connectivity index (χ1) is 20.8. The highest BCUT2D eigenvalue weighted by Gasteiger charge is 2.10. The maximum absolute atomic E-state index is 3.53. The van der Waals surface area contributed by atoms with E-state index in [4.69, 9.17) is 0 Å². The maximum Gasteiger partial charge on any atom is 0.0433 e. The van der Waals surface area contributed by atoms with Crippen LogP contribution >= 0.6 is 11.3 Å². The van der Waals surface area contributed by atoms with Crippen LogP contribution in [0, 0.1) is 0 Å². The number of hydrogen-bond acceptors (Lipinski definition) is 2. The summed E-state index contributed by atoms with van der Waals surface area (Å²) in [6.07, 6.45) is 0. The van der Waals surface area contributed by atoms with Gasteiger partial charge in [0.25, 0.3) is 0 Å². The molecule has 0 amide bonds. The predicted molar refractivity (Wildman–Crippen MR) is 183 cm³/mol.